The van der Waals surface area contributed by atoms with E-state index in [1.807, 2.05) is 30.3 Å². The van der Waals surface area contributed by atoms with Crippen molar-refractivity contribution in [3.63, 3.8) is 0 Å². The van der Waals surface area contributed by atoms with Gasteiger partial charge in [-0.05, 0) is 6.42 Å². The van der Waals surface area contributed by atoms with Crippen LogP contribution in [0.25, 0.3) is 11.4 Å². The summed E-state index contributed by atoms with van der Waals surface area (Å²) in [6.07, 6.45) is 3.42. The van der Waals surface area contributed by atoms with Crippen molar-refractivity contribution in [2.45, 2.75) is 6.42 Å². The molecule has 2 aromatic rings. The highest BCUT2D eigenvalue weighted by Crippen LogP contribution is 2.20. The Hall–Kier alpha value is -2.28. The third-order valence-electron chi connectivity index (χ3n) is 3.55. The fourth-order valence-corrected chi connectivity index (χ4v) is 4.12. The molecule has 6 nitrogen and oxygen atoms in total. The van der Waals surface area contributed by atoms with Crippen molar-refractivity contribution in [2.75, 3.05) is 16.8 Å². The monoisotopic (exact) mass is 317 g/mol. The Morgan fingerprint density at radius 3 is 2.41 bits per heavy atom. The fourth-order valence-electron chi connectivity index (χ4n) is 2.37. The van der Waals surface area contributed by atoms with Crippen LogP contribution in [0.5, 0.6) is 0 Å². The van der Waals surface area contributed by atoms with E-state index in [1.54, 1.807) is 0 Å². The number of aromatic nitrogens is 2. The fraction of sp³-hybridized carbons (Fsp3) is 0.267. The first-order valence-corrected chi connectivity index (χ1v) is 8.74. The van der Waals surface area contributed by atoms with Gasteiger partial charge in [-0.2, -0.15) is 0 Å². The number of carbonyl (C=O) groups excluding carboxylic acids is 1. The number of carbonyl (C=O) groups is 1. The molecule has 1 aromatic heterocycles. The van der Waals surface area contributed by atoms with Gasteiger partial charge in [0.1, 0.15) is 0 Å². The van der Waals surface area contributed by atoms with Gasteiger partial charge in [-0.3, -0.25) is 4.79 Å². The van der Waals surface area contributed by atoms with E-state index < -0.39 is 15.8 Å². The van der Waals surface area contributed by atoms with Crippen molar-refractivity contribution in [1.29, 1.82) is 0 Å². The molecule has 1 amide bonds. The molecule has 0 saturated carbocycles. The zero-order chi connectivity index (χ0) is 15.6. The van der Waals surface area contributed by atoms with Crippen LogP contribution in [0.2, 0.25) is 0 Å². The van der Waals surface area contributed by atoms with E-state index in [9.17, 15) is 13.2 Å². The summed E-state index contributed by atoms with van der Waals surface area (Å²) in [6, 6.07) is 9.51. The van der Waals surface area contributed by atoms with Crippen LogP contribution < -0.4 is 5.32 Å². The number of benzene rings is 1. The van der Waals surface area contributed by atoms with E-state index in [-0.39, 0.29) is 17.4 Å². The summed E-state index contributed by atoms with van der Waals surface area (Å²) in [5, 5.41) is 2.67. The highest BCUT2D eigenvalue weighted by Gasteiger charge is 2.32. The van der Waals surface area contributed by atoms with Gasteiger partial charge in [0.25, 0.3) is 0 Å². The van der Waals surface area contributed by atoms with Crippen LogP contribution in [0.1, 0.15) is 6.42 Å². The molecule has 1 aromatic carbocycles. The van der Waals surface area contributed by atoms with E-state index in [2.05, 4.69) is 15.3 Å². The first kappa shape index (κ1) is 14.6. The average Bonchev–Trinajstić information content (AvgIpc) is 2.89. The van der Waals surface area contributed by atoms with Crippen molar-refractivity contribution in [3.8, 4) is 11.4 Å². The van der Waals surface area contributed by atoms with Gasteiger partial charge < -0.3 is 5.32 Å². The van der Waals surface area contributed by atoms with Crippen LogP contribution in [0.4, 0.5) is 5.69 Å². The van der Waals surface area contributed by atoms with E-state index in [4.69, 9.17) is 0 Å². The summed E-state index contributed by atoms with van der Waals surface area (Å²) in [7, 11) is -3.07. The number of nitrogens with zero attached hydrogens (tertiary/aromatic N) is 2. The Morgan fingerprint density at radius 2 is 1.82 bits per heavy atom. The lowest BCUT2D eigenvalue weighted by molar-refractivity contribution is -0.119. The first-order valence-electron chi connectivity index (χ1n) is 6.92. The van der Waals surface area contributed by atoms with Crippen molar-refractivity contribution >= 4 is 21.4 Å². The van der Waals surface area contributed by atoms with Crippen molar-refractivity contribution in [1.82, 2.24) is 9.97 Å². The molecule has 0 unspecified atom stereocenters. The maximum absolute atomic E-state index is 12.0. The van der Waals surface area contributed by atoms with Crippen molar-refractivity contribution < 1.29 is 13.2 Å². The summed E-state index contributed by atoms with van der Waals surface area (Å²) in [5.41, 5.74) is 1.36. The molecule has 2 heterocycles. The van der Waals surface area contributed by atoms with Gasteiger partial charge in [0.05, 0.1) is 35.5 Å². The second kappa shape index (κ2) is 5.84. The Bertz CT molecular complexity index is 773. The SMILES string of the molecule is O=C(Nc1cnc(-c2ccccc2)nc1)[C@@H]1CCS(=O)(=O)C1. The van der Waals surface area contributed by atoms with Crippen LogP contribution in [0, 0.1) is 5.92 Å². The Balaban J connectivity index is 1.68. The van der Waals surface area contributed by atoms with Crippen LogP contribution >= 0.6 is 0 Å². The number of sulfone groups is 1. The minimum atomic E-state index is -3.07. The summed E-state index contributed by atoms with van der Waals surface area (Å²) in [4.78, 5) is 20.5. The molecule has 1 saturated heterocycles. The zero-order valence-corrected chi connectivity index (χ0v) is 12.6. The molecule has 3 rings (SSSR count). The zero-order valence-electron chi connectivity index (χ0n) is 11.8. The van der Waals surface area contributed by atoms with Gasteiger partial charge in [0, 0.05) is 5.56 Å². The molecule has 114 valence electrons. The topological polar surface area (TPSA) is 89.0 Å². The van der Waals surface area contributed by atoms with Crippen LogP contribution in [0.3, 0.4) is 0 Å². The quantitative estimate of drug-likeness (QED) is 0.927. The van der Waals surface area contributed by atoms with Crippen LogP contribution in [-0.4, -0.2) is 35.8 Å². The third-order valence-corrected chi connectivity index (χ3v) is 5.32. The normalized spacial score (nSPS) is 19.7. The number of anilines is 1. The molecule has 22 heavy (non-hydrogen) atoms. The third kappa shape index (κ3) is 3.30. The number of amides is 1. The lowest BCUT2D eigenvalue weighted by Crippen LogP contribution is -2.23. The maximum Gasteiger partial charge on any atom is 0.228 e. The first-order chi connectivity index (χ1) is 10.5. The molecule has 0 bridgehead atoms. The molecule has 1 aliphatic heterocycles. The van der Waals surface area contributed by atoms with Gasteiger partial charge in [-0.15, -0.1) is 0 Å². The predicted molar refractivity (Wildman–Crippen MR) is 82.9 cm³/mol. The number of rotatable bonds is 3. The number of hydrogen-bond donors (Lipinski definition) is 1. The summed E-state index contributed by atoms with van der Waals surface area (Å²) in [6.45, 7) is 0. The summed E-state index contributed by atoms with van der Waals surface area (Å²) in [5.74, 6) is -0.214. The molecule has 0 spiro atoms. The molecule has 1 fully saturated rings. The maximum atomic E-state index is 12.0. The minimum absolute atomic E-state index is 0.0779. The minimum Gasteiger partial charge on any atom is -0.323 e. The van der Waals surface area contributed by atoms with Gasteiger partial charge in [-0.1, -0.05) is 30.3 Å². The van der Waals surface area contributed by atoms with Gasteiger partial charge in [0.2, 0.25) is 5.91 Å². The molecular weight excluding hydrogens is 302 g/mol. The Morgan fingerprint density at radius 1 is 1.14 bits per heavy atom. The lowest BCUT2D eigenvalue weighted by Gasteiger charge is -2.09. The predicted octanol–water partition coefficient (Wildman–Crippen LogP) is 1.52. The smallest absolute Gasteiger partial charge is 0.228 e. The van der Waals surface area contributed by atoms with Gasteiger partial charge in [-0.25, -0.2) is 18.4 Å². The second-order valence-corrected chi connectivity index (χ2v) is 7.48. The molecule has 1 aliphatic rings. The van der Waals surface area contributed by atoms with Crippen LogP contribution in [0.15, 0.2) is 42.7 Å². The molecule has 1 N–H and O–H groups in total. The number of hydrogen-bond acceptors (Lipinski definition) is 5. The van der Waals surface area contributed by atoms with E-state index >= 15 is 0 Å². The van der Waals surface area contributed by atoms with Crippen molar-refractivity contribution in [3.05, 3.63) is 42.7 Å². The molecular formula is C15H15N3O3S. The summed E-state index contributed by atoms with van der Waals surface area (Å²) < 4.78 is 22.8. The molecule has 0 aliphatic carbocycles. The van der Waals surface area contributed by atoms with Gasteiger partial charge in [0.15, 0.2) is 15.7 Å². The summed E-state index contributed by atoms with van der Waals surface area (Å²) >= 11 is 0. The highest BCUT2D eigenvalue weighted by atomic mass is 32.2. The van der Waals surface area contributed by atoms with E-state index in [0.29, 0.717) is 17.9 Å². The Kier molecular flexibility index (Phi) is 3.89. The van der Waals surface area contributed by atoms with Crippen molar-refractivity contribution in [2.24, 2.45) is 5.92 Å². The lowest BCUT2D eigenvalue weighted by atomic mass is 10.1. The number of nitrogens with one attached hydrogen (secondary N) is 1. The van der Waals surface area contributed by atoms with Gasteiger partial charge >= 0.3 is 0 Å². The molecule has 1 atom stereocenters. The molecule has 0 radical (unpaired) electrons. The molecule has 7 heteroatoms. The van der Waals surface area contributed by atoms with E-state index in [1.165, 1.54) is 12.4 Å². The standard InChI is InChI=1S/C15H15N3O3S/c19-15(12-6-7-22(20,21)10-12)18-13-8-16-14(17-9-13)11-4-2-1-3-5-11/h1-5,8-9,12H,6-7,10H2,(H,18,19)/t12-/m1/s1. The Labute approximate surface area is 128 Å². The van der Waals surface area contributed by atoms with Crippen LogP contribution in [-0.2, 0) is 14.6 Å². The second-order valence-electron chi connectivity index (χ2n) is 5.25. The largest absolute Gasteiger partial charge is 0.323 e. The average molecular weight is 317 g/mol. The van der Waals surface area contributed by atoms with E-state index in [0.717, 1.165) is 5.56 Å². The highest BCUT2D eigenvalue weighted by molar-refractivity contribution is 7.91.